The molecule has 1 aliphatic rings. The number of para-hydroxylation sites is 1. The van der Waals surface area contributed by atoms with Crippen LogP contribution in [0.15, 0.2) is 54.6 Å². The van der Waals surface area contributed by atoms with E-state index in [2.05, 4.69) is 10.4 Å². The monoisotopic (exact) mass is 377 g/mol. The number of aromatic nitrogens is 2. The second-order valence-corrected chi connectivity index (χ2v) is 6.86. The molecular formula is C21H23N5O2. The fraction of sp³-hybridized carbons (Fsp3) is 0.238. The molecule has 4 rings (SSSR count). The number of nitrogen functional groups attached to an aromatic ring is 1. The summed E-state index contributed by atoms with van der Waals surface area (Å²) >= 11 is 0. The average molecular weight is 377 g/mol. The first-order valence-electron chi connectivity index (χ1n) is 9.35. The van der Waals surface area contributed by atoms with Gasteiger partial charge in [-0.1, -0.05) is 18.2 Å². The highest BCUT2D eigenvalue weighted by molar-refractivity contribution is 6.03. The second kappa shape index (κ2) is 7.74. The summed E-state index contributed by atoms with van der Waals surface area (Å²) in [5, 5.41) is 7.81. The van der Waals surface area contributed by atoms with E-state index < -0.39 is 5.91 Å². The summed E-state index contributed by atoms with van der Waals surface area (Å²) in [5.74, 6) is 1.05. The van der Waals surface area contributed by atoms with E-state index in [0.717, 1.165) is 37.2 Å². The molecule has 7 heteroatoms. The number of hydrogen-bond acceptors (Lipinski definition) is 5. The van der Waals surface area contributed by atoms with Crippen molar-refractivity contribution < 1.29 is 9.53 Å². The molecular weight excluding hydrogens is 354 g/mol. The number of nitrogens with one attached hydrogen (secondary N) is 1. The van der Waals surface area contributed by atoms with Crippen LogP contribution in [-0.2, 0) is 0 Å². The van der Waals surface area contributed by atoms with Gasteiger partial charge in [0.2, 0.25) is 0 Å². The van der Waals surface area contributed by atoms with Gasteiger partial charge < -0.3 is 21.5 Å². The van der Waals surface area contributed by atoms with Crippen LogP contribution in [0.5, 0.6) is 11.5 Å². The van der Waals surface area contributed by atoms with Crippen molar-refractivity contribution in [2.24, 2.45) is 5.73 Å². The number of amides is 1. The lowest BCUT2D eigenvalue weighted by atomic mass is 10.0. The summed E-state index contributed by atoms with van der Waals surface area (Å²) in [7, 11) is 0. The van der Waals surface area contributed by atoms with Crippen LogP contribution in [0.2, 0.25) is 0 Å². The molecule has 5 N–H and O–H groups in total. The average Bonchev–Trinajstić information content (AvgIpc) is 3.07. The predicted molar refractivity (Wildman–Crippen MR) is 108 cm³/mol. The van der Waals surface area contributed by atoms with Gasteiger partial charge in [-0.25, -0.2) is 0 Å². The minimum atomic E-state index is -0.577. The molecule has 1 atom stereocenters. The molecule has 3 aromatic rings. The van der Waals surface area contributed by atoms with Gasteiger partial charge in [-0.3, -0.25) is 9.48 Å². The predicted octanol–water partition coefficient (Wildman–Crippen LogP) is 2.95. The fourth-order valence-electron chi connectivity index (χ4n) is 3.58. The Hall–Kier alpha value is -3.32. The number of rotatable bonds is 5. The molecule has 1 aromatic heterocycles. The Labute approximate surface area is 163 Å². The van der Waals surface area contributed by atoms with Crippen LogP contribution in [-0.4, -0.2) is 28.8 Å². The van der Waals surface area contributed by atoms with Gasteiger partial charge in [0.25, 0.3) is 5.91 Å². The third kappa shape index (κ3) is 3.57. The Balaban J connectivity index is 1.70. The molecule has 28 heavy (non-hydrogen) atoms. The van der Waals surface area contributed by atoms with Gasteiger partial charge in [0.1, 0.15) is 17.1 Å². The zero-order chi connectivity index (χ0) is 19.5. The number of carbonyl (C=O) groups excluding carboxylic acids is 1. The molecule has 0 aliphatic carbocycles. The molecule has 2 aromatic carbocycles. The molecule has 1 amide bonds. The first-order chi connectivity index (χ1) is 13.6. The molecule has 2 heterocycles. The summed E-state index contributed by atoms with van der Waals surface area (Å²) in [4.78, 5) is 12.1. The quantitative estimate of drug-likeness (QED) is 0.633. The Kier molecular flexibility index (Phi) is 4.99. The standard InChI is InChI=1S/C21H23N5O2/c22-20-18(21(23)27)19(26(25-20)15-5-4-12-24-13-15)14-8-10-17(11-9-14)28-16-6-2-1-3-7-16/h1-3,6-11,15,24H,4-5,12-13H2,(H2,22,25)(H2,23,27). The molecule has 144 valence electrons. The van der Waals surface area contributed by atoms with Gasteiger partial charge in [0.15, 0.2) is 5.82 Å². The van der Waals surface area contributed by atoms with Crippen LogP contribution in [0.25, 0.3) is 11.3 Å². The zero-order valence-electron chi connectivity index (χ0n) is 15.5. The van der Waals surface area contributed by atoms with E-state index in [4.69, 9.17) is 16.2 Å². The molecule has 1 saturated heterocycles. The Morgan fingerprint density at radius 1 is 1.11 bits per heavy atom. The van der Waals surface area contributed by atoms with Gasteiger partial charge in [0.05, 0.1) is 11.7 Å². The SMILES string of the molecule is NC(=O)c1c(N)nn(C2CCCNC2)c1-c1ccc(Oc2ccccc2)cc1. The summed E-state index contributed by atoms with van der Waals surface area (Å²) in [6.45, 7) is 1.76. The summed E-state index contributed by atoms with van der Waals surface area (Å²) in [6.07, 6.45) is 2.01. The van der Waals surface area contributed by atoms with Crippen molar-refractivity contribution in [2.75, 3.05) is 18.8 Å². The van der Waals surface area contributed by atoms with Crippen molar-refractivity contribution in [2.45, 2.75) is 18.9 Å². The van der Waals surface area contributed by atoms with Crippen molar-refractivity contribution in [1.82, 2.24) is 15.1 Å². The van der Waals surface area contributed by atoms with E-state index >= 15 is 0 Å². The first kappa shape index (κ1) is 18.1. The normalized spacial score (nSPS) is 16.6. The van der Waals surface area contributed by atoms with E-state index in [1.165, 1.54) is 0 Å². The maximum absolute atomic E-state index is 12.1. The number of carbonyl (C=O) groups is 1. The third-order valence-corrected chi connectivity index (χ3v) is 4.91. The maximum Gasteiger partial charge on any atom is 0.254 e. The third-order valence-electron chi connectivity index (χ3n) is 4.91. The van der Waals surface area contributed by atoms with Gasteiger partial charge in [0, 0.05) is 12.1 Å². The summed E-state index contributed by atoms with van der Waals surface area (Å²) in [6, 6.07) is 17.2. The van der Waals surface area contributed by atoms with E-state index in [-0.39, 0.29) is 17.4 Å². The van der Waals surface area contributed by atoms with Crippen molar-refractivity contribution in [3.8, 4) is 22.8 Å². The lowest BCUT2D eigenvalue weighted by Crippen LogP contribution is -2.32. The fourth-order valence-corrected chi connectivity index (χ4v) is 3.58. The van der Waals surface area contributed by atoms with Crippen molar-refractivity contribution in [3.05, 3.63) is 60.2 Å². The Morgan fingerprint density at radius 2 is 1.82 bits per heavy atom. The molecule has 0 saturated carbocycles. The molecule has 1 unspecified atom stereocenters. The molecule has 0 radical (unpaired) electrons. The molecule has 0 bridgehead atoms. The van der Waals surface area contributed by atoms with E-state index in [1.54, 1.807) is 0 Å². The van der Waals surface area contributed by atoms with Crippen molar-refractivity contribution in [3.63, 3.8) is 0 Å². The molecule has 7 nitrogen and oxygen atoms in total. The summed E-state index contributed by atoms with van der Waals surface area (Å²) < 4.78 is 7.69. The highest BCUT2D eigenvalue weighted by atomic mass is 16.5. The highest BCUT2D eigenvalue weighted by Crippen LogP contribution is 2.33. The van der Waals surface area contributed by atoms with Crippen molar-refractivity contribution in [1.29, 1.82) is 0 Å². The van der Waals surface area contributed by atoms with Gasteiger partial charge >= 0.3 is 0 Å². The lowest BCUT2D eigenvalue weighted by molar-refractivity contribution is 0.100. The number of benzene rings is 2. The molecule has 0 spiro atoms. The summed E-state index contributed by atoms with van der Waals surface area (Å²) in [5.41, 5.74) is 13.4. The van der Waals surface area contributed by atoms with Crippen LogP contribution in [0.4, 0.5) is 5.82 Å². The highest BCUT2D eigenvalue weighted by Gasteiger charge is 2.27. The molecule has 1 aliphatic heterocycles. The zero-order valence-corrected chi connectivity index (χ0v) is 15.5. The number of piperidine rings is 1. The van der Waals surface area contributed by atoms with E-state index in [9.17, 15) is 4.79 Å². The number of hydrogen-bond donors (Lipinski definition) is 3. The Bertz CT molecular complexity index is 960. The van der Waals surface area contributed by atoms with E-state index in [0.29, 0.717) is 11.4 Å². The van der Waals surface area contributed by atoms with Gasteiger partial charge in [-0.15, -0.1) is 0 Å². The molecule has 1 fully saturated rings. The van der Waals surface area contributed by atoms with Crippen LogP contribution in [0.1, 0.15) is 29.2 Å². The second-order valence-electron chi connectivity index (χ2n) is 6.86. The van der Waals surface area contributed by atoms with Gasteiger partial charge in [-0.05, 0) is 55.8 Å². The first-order valence-corrected chi connectivity index (χ1v) is 9.35. The topological polar surface area (TPSA) is 108 Å². The minimum Gasteiger partial charge on any atom is -0.457 e. The van der Waals surface area contributed by atoms with Crippen molar-refractivity contribution >= 4 is 11.7 Å². The van der Waals surface area contributed by atoms with Gasteiger partial charge in [-0.2, -0.15) is 5.10 Å². The number of nitrogens with zero attached hydrogens (tertiary/aromatic N) is 2. The number of nitrogens with two attached hydrogens (primary N) is 2. The maximum atomic E-state index is 12.1. The van der Waals surface area contributed by atoms with Crippen LogP contribution in [0, 0.1) is 0 Å². The van der Waals surface area contributed by atoms with E-state index in [1.807, 2.05) is 59.3 Å². The van der Waals surface area contributed by atoms with Crippen LogP contribution < -0.4 is 21.5 Å². The largest absolute Gasteiger partial charge is 0.457 e. The number of anilines is 1. The lowest BCUT2D eigenvalue weighted by Gasteiger charge is -2.25. The van der Waals surface area contributed by atoms with Crippen LogP contribution >= 0.6 is 0 Å². The number of primary amides is 1. The Morgan fingerprint density at radius 3 is 2.46 bits per heavy atom. The smallest absolute Gasteiger partial charge is 0.254 e. The number of ether oxygens (including phenoxy) is 1. The minimum absolute atomic E-state index is 0.124. The van der Waals surface area contributed by atoms with Crippen LogP contribution in [0.3, 0.4) is 0 Å².